The Bertz CT molecular complexity index is 1090. The Morgan fingerprint density at radius 2 is 2.11 bits per heavy atom. The van der Waals surface area contributed by atoms with E-state index in [1.54, 1.807) is 13.0 Å². The van der Waals surface area contributed by atoms with Gasteiger partial charge < -0.3 is 20.1 Å². The molecule has 0 bridgehead atoms. The van der Waals surface area contributed by atoms with Gasteiger partial charge in [-0.25, -0.2) is 19.3 Å². The van der Waals surface area contributed by atoms with Gasteiger partial charge in [0.15, 0.2) is 5.69 Å². The number of benzene rings is 1. The van der Waals surface area contributed by atoms with Crippen LogP contribution >= 0.6 is 0 Å². The largest absolute Gasteiger partial charge is 0.478 e. The molecule has 0 spiro atoms. The topological polar surface area (TPSA) is 149 Å². The van der Waals surface area contributed by atoms with Crippen molar-refractivity contribution in [3.05, 3.63) is 53.4 Å². The number of aromatic carboxylic acids is 1. The maximum Gasteiger partial charge on any atom is 0.357 e. The number of ether oxygens (including phenoxy) is 1. The summed E-state index contributed by atoms with van der Waals surface area (Å²) >= 11 is 0. The van der Waals surface area contributed by atoms with E-state index in [2.05, 4.69) is 10.1 Å². The smallest absolute Gasteiger partial charge is 0.357 e. The van der Waals surface area contributed by atoms with Crippen LogP contribution in [0.3, 0.4) is 0 Å². The third-order valence-electron chi connectivity index (χ3n) is 3.98. The lowest BCUT2D eigenvalue weighted by Gasteiger charge is -2.16. The minimum atomic E-state index is -1.23. The monoisotopic (exact) mass is 366 g/mol. The van der Waals surface area contributed by atoms with Crippen molar-refractivity contribution in [2.75, 3.05) is 12.8 Å². The second-order valence-electron chi connectivity index (χ2n) is 5.58. The van der Waals surface area contributed by atoms with E-state index < -0.39 is 11.9 Å². The summed E-state index contributed by atoms with van der Waals surface area (Å²) in [5.74, 6) is -2.01. The van der Waals surface area contributed by atoms with E-state index in [1.807, 2.05) is 6.07 Å². The Kier molecular flexibility index (Phi) is 4.35. The molecular weight excluding hydrogens is 352 g/mol. The molecule has 0 aliphatic rings. The van der Waals surface area contributed by atoms with Crippen LogP contribution in [0, 0.1) is 18.3 Å². The molecule has 3 N–H and O–H groups in total. The molecule has 0 saturated carbocycles. The van der Waals surface area contributed by atoms with Gasteiger partial charge in [0.05, 0.1) is 35.3 Å². The van der Waals surface area contributed by atoms with E-state index in [-0.39, 0.29) is 28.2 Å². The van der Waals surface area contributed by atoms with Crippen molar-refractivity contribution in [2.45, 2.75) is 6.92 Å². The Balaban J connectivity index is 2.34. The number of hydrogen-bond donors (Lipinski definition) is 2. The lowest BCUT2D eigenvalue weighted by atomic mass is 10.1. The maximum atomic E-state index is 12.2. The number of esters is 1. The highest BCUT2D eigenvalue weighted by molar-refractivity contribution is 5.98. The zero-order valence-electron chi connectivity index (χ0n) is 14.4. The van der Waals surface area contributed by atoms with E-state index in [9.17, 15) is 20.0 Å². The van der Waals surface area contributed by atoms with Crippen molar-refractivity contribution in [1.29, 1.82) is 5.26 Å². The van der Waals surface area contributed by atoms with Crippen LogP contribution in [0.1, 0.15) is 32.0 Å². The summed E-state index contributed by atoms with van der Waals surface area (Å²) in [6, 6.07) is 4.96. The number of nitrogen functional groups attached to an aromatic ring is 1. The number of aromatic nitrogens is 4. The molecule has 2 heterocycles. The number of anilines is 1. The van der Waals surface area contributed by atoms with E-state index in [0.717, 1.165) is 0 Å². The van der Waals surface area contributed by atoms with Crippen molar-refractivity contribution in [1.82, 2.24) is 19.3 Å². The number of nitriles is 1. The molecule has 2 aromatic heterocycles. The number of carboxylic acids is 1. The van der Waals surface area contributed by atoms with Gasteiger partial charge in [-0.15, -0.1) is 0 Å². The van der Waals surface area contributed by atoms with Crippen LogP contribution in [0.5, 0.6) is 0 Å². The van der Waals surface area contributed by atoms with Gasteiger partial charge in [-0.1, -0.05) is 0 Å². The number of carboxylic acid groups (broad SMARTS) is 1. The molecule has 3 aromatic rings. The lowest BCUT2D eigenvalue weighted by Crippen LogP contribution is -2.15. The summed E-state index contributed by atoms with van der Waals surface area (Å²) in [4.78, 5) is 28.0. The Morgan fingerprint density at radius 3 is 2.67 bits per heavy atom. The van der Waals surface area contributed by atoms with Crippen molar-refractivity contribution < 1.29 is 19.4 Å². The van der Waals surface area contributed by atoms with Crippen LogP contribution in [-0.4, -0.2) is 43.5 Å². The van der Waals surface area contributed by atoms with Gasteiger partial charge in [-0.3, -0.25) is 0 Å². The van der Waals surface area contributed by atoms with E-state index in [1.165, 1.54) is 41.3 Å². The summed E-state index contributed by atoms with van der Waals surface area (Å²) in [7, 11) is 1.17. The number of nitrogens with two attached hydrogens (primary N) is 1. The molecule has 0 saturated heterocycles. The van der Waals surface area contributed by atoms with Crippen LogP contribution in [-0.2, 0) is 4.74 Å². The minimum Gasteiger partial charge on any atom is -0.478 e. The predicted octanol–water partition coefficient (Wildman–Crippen LogP) is 1.31. The Hall–Kier alpha value is -4.13. The van der Waals surface area contributed by atoms with Gasteiger partial charge in [0.1, 0.15) is 18.7 Å². The van der Waals surface area contributed by atoms with E-state index >= 15 is 0 Å². The zero-order valence-corrected chi connectivity index (χ0v) is 14.4. The first-order valence-electron chi connectivity index (χ1n) is 7.61. The highest BCUT2D eigenvalue weighted by Gasteiger charge is 2.26. The molecule has 0 aliphatic carbocycles. The summed E-state index contributed by atoms with van der Waals surface area (Å²) < 4.78 is 7.42. The highest BCUT2D eigenvalue weighted by atomic mass is 16.5. The molecule has 0 atom stereocenters. The highest BCUT2D eigenvalue weighted by Crippen LogP contribution is 2.30. The van der Waals surface area contributed by atoms with Crippen LogP contribution in [0.25, 0.3) is 11.4 Å². The quantitative estimate of drug-likeness (QED) is 0.656. The normalized spacial score (nSPS) is 10.4. The molecule has 0 unspecified atom stereocenters. The number of aryl methyl sites for hydroxylation is 1. The standard InChI is InChI=1S/C17H14N6O4/c1-9-3-11(23-8-20-7-21-23)4-12(16(24)25)14(9)22-6-10(5-18)13(19)15(22)17(26)27-2/h3-4,6-8H,19H2,1-2H3,(H,24,25). The molecule has 0 fully saturated rings. The number of hydrogen-bond acceptors (Lipinski definition) is 7. The molecule has 1 aromatic carbocycles. The van der Waals surface area contributed by atoms with Crippen molar-refractivity contribution in [3.8, 4) is 17.4 Å². The SMILES string of the molecule is COC(=O)c1c(N)c(C#N)cn1-c1c(C)cc(-n2cncn2)cc1C(=O)O. The number of carbonyl (C=O) groups is 2. The fourth-order valence-electron chi connectivity index (χ4n) is 2.81. The average molecular weight is 366 g/mol. The van der Waals surface area contributed by atoms with Crippen molar-refractivity contribution >= 4 is 17.6 Å². The van der Waals surface area contributed by atoms with Crippen LogP contribution in [0.2, 0.25) is 0 Å². The first-order valence-corrected chi connectivity index (χ1v) is 7.61. The molecule has 27 heavy (non-hydrogen) atoms. The summed E-state index contributed by atoms with van der Waals surface area (Å²) in [5, 5.41) is 23.0. The lowest BCUT2D eigenvalue weighted by molar-refractivity contribution is 0.0591. The molecule has 0 amide bonds. The molecule has 3 rings (SSSR count). The number of methoxy groups -OCH3 is 1. The van der Waals surface area contributed by atoms with Gasteiger partial charge in [0.25, 0.3) is 0 Å². The summed E-state index contributed by atoms with van der Waals surface area (Å²) in [6.07, 6.45) is 4.07. The summed E-state index contributed by atoms with van der Waals surface area (Å²) in [5.41, 5.74) is 6.82. The number of nitrogens with zero attached hydrogens (tertiary/aromatic N) is 5. The molecule has 0 radical (unpaired) electrons. The maximum absolute atomic E-state index is 12.2. The van der Waals surface area contributed by atoms with Gasteiger partial charge in [-0.2, -0.15) is 10.4 Å². The fraction of sp³-hybridized carbons (Fsp3) is 0.118. The number of rotatable bonds is 4. The number of carbonyl (C=O) groups excluding carboxylic acids is 1. The van der Waals surface area contributed by atoms with E-state index in [4.69, 9.17) is 10.5 Å². The van der Waals surface area contributed by atoms with Crippen LogP contribution < -0.4 is 5.73 Å². The average Bonchev–Trinajstić information content (AvgIpc) is 3.28. The Labute approximate surface area is 153 Å². The third-order valence-corrected chi connectivity index (χ3v) is 3.98. The fourth-order valence-corrected chi connectivity index (χ4v) is 2.81. The van der Waals surface area contributed by atoms with Gasteiger partial charge in [-0.05, 0) is 24.6 Å². The molecule has 0 aliphatic heterocycles. The molecule has 10 heteroatoms. The van der Waals surface area contributed by atoms with Crippen LogP contribution in [0.15, 0.2) is 31.0 Å². The summed E-state index contributed by atoms with van der Waals surface area (Å²) in [6.45, 7) is 1.67. The molecule has 136 valence electrons. The second kappa shape index (κ2) is 6.64. The first-order chi connectivity index (χ1) is 12.9. The molecule has 10 nitrogen and oxygen atoms in total. The first kappa shape index (κ1) is 17.7. The van der Waals surface area contributed by atoms with Crippen LogP contribution in [0.4, 0.5) is 5.69 Å². The second-order valence-corrected chi connectivity index (χ2v) is 5.58. The predicted molar refractivity (Wildman–Crippen MR) is 92.8 cm³/mol. The van der Waals surface area contributed by atoms with Gasteiger partial charge >= 0.3 is 11.9 Å². The van der Waals surface area contributed by atoms with E-state index in [0.29, 0.717) is 11.3 Å². The third kappa shape index (κ3) is 2.87. The van der Waals surface area contributed by atoms with Gasteiger partial charge in [0.2, 0.25) is 0 Å². The molecular formula is C17H14N6O4. The van der Waals surface area contributed by atoms with Crippen molar-refractivity contribution in [3.63, 3.8) is 0 Å². The minimum absolute atomic E-state index is 0.0338. The van der Waals surface area contributed by atoms with Gasteiger partial charge in [0, 0.05) is 6.20 Å². The zero-order chi connectivity index (χ0) is 19.7. The van der Waals surface area contributed by atoms with Crippen molar-refractivity contribution in [2.24, 2.45) is 0 Å². The Morgan fingerprint density at radius 1 is 1.37 bits per heavy atom.